The van der Waals surface area contributed by atoms with E-state index in [4.69, 9.17) is 11.6 Å². The predicted octanol–water partition coefficient (Wildman–Crippen LogP) is 2.90. The van der Waals surface area contributed by atoms with Crippen LogP contribution in [0.3, 0.4) is 0 Å². The van der Waals surface area contributed by atoms with Gasteiger partial charge in [0, 0.05) is 18.1 Å². The fourth-order valence-electron chi connectivity index (χ4n) is 1.86. The zero-order valence-corrected chi connectivity index (χ0v) is 13.4. The molecule has 20 heavy (non-hydrogen) atoms. The number of amides is 2. The van der Waals surface area contributed by atoms with E-state index in [0.29, 0.717) is 24.0 Å². The molecule has 2 N–H and O–H groups in total. The SMILES string of the molecule is CC(C)CNC(=O)NCC(c1cccc(Cl)c1)N(C)C. The van der Waals surface area contributed by atoms with Gasteiger partial charge in [-0.05, 0) is 37.7 Å². The summed E-state index contributed by atoms with van der Waals surface area (Å²) in [6.07, 6.45) is 0. The number of likely N-dealkylation sites (N-methyl/N-ethyl adjacent to an activating group) is 1. The minimum absolute atomic E-state index is 0.0958. The van der Waals surface area contributed by atoms with Crippen molar-refractivity contribution >= 4 is 17.6 Å². The number of hydrogen-bond acceptors (Lipinski definition) is 2. The molecule has 4 nitrogen and oxygen atoms in total. The van der Waals surface area contributed by atoms with Crippen molar-refractivity contribution in [2.45, 2.75) is 19.9 Å². The van der Waals surface area contributed by atoms with E-state index in [9.17, 15) is 4.79 Å². The number of benzene rings is 1. The van der Waals surface area contributed by atoms with Gasteiger partial charge in [0.25, 0.3) is 0 Å². The van der Waals surface area contributed by atoms with Crippen LogP contribution in [0.1, 0.15) is 25.5 Å². The van der Waals surface area contributed by atoms with Gasteiger partial charge in [-0.25, -0.2) is 4.79 Å². The van der Waals surface area contributed by atoms with E-state index in [1.54, 1.807) is 0 Å². The molecule has 0 saturated heterocycles. The molecule has 1 aromatic carbocycles. The van der Waals surface area contributed by atoms with E-state index in [1.165, 1.54) is 0 Å². The third-order valence-corrected chi connectivity index (χ3v) is 3.22. The molecular formula is C15H24ClN3O. The van der Waals surface area contributed by atoms with Crippen LogP contribution in [0.5, 0.6) is 0 Å². The summed E-state index contributed by atoms with van der Waals surface area (Å²) >= 11 is 6.02. The van der Waals surface area contributed by atoms with Crippen molar-refractivity contribution < 1.29 is 4.79 Å². The summed E-state index contributed by atoms with van der Waals surface area (Å²) in [5.41, 5.74) is 1.09. The van der Waals surface area contributed by atoms with Crippen LogP contribution in [-0.2, 0) is 0 Å². The molecule has 0 spiro atoms. The number of carbonyl (C=O) groups excluding carboxylic acids is 1. The zero-order chi connectivity index (χ0) is 15.1. The standard InChI is InChI=1S/C15H24ClN3O/c1-11(2)9-17-15(20)18-10-14(19(3)4)12-6-5-7-13(16)8-12/h5-8,11,14H,9-10H2,1-4H3,(H2,17,18,20). The van der Waals surface area contributed by atoms with Gasteiger partial charge in [0.05, 0.1) is 6.04 Å². The number of carbonyl (C=O) groups is 1. The molecule has 0 aromatic heterocycles. The van der Waals surface area contributed by atoms with Crippen molar-refractivity contribution in [3.05, 3.63) is 34.9 Å². The predicted molar refractivity (Wildman–Crippen MR) is 84.1 cm³/mol. The number of hydrogen-bond donors (Lipinski definition) is 2. The molecule has 2 amide bonds. The Morgan fingerprint density at radius 2 is 1.90 bits per heavy atom. The van der Waals surface area contributed by atoms with Gasteiger partial charge in [-0.3, -0.25) is 0 Å². The molecule has 112 valence electrons. The van der Waals surface area contributed by atoms with Crippen molar-refractivity contribution in [1.82, 2.24) is 15.5 Å². The van der Waals surface area contributed by atoms with Crippen LogP contribution in [-0.4, -0.2) is 38.1 Å². The summed E-state index contributed by atoms with van der Waals surface area (Å²) < 4.78 is 0. The molecule has 1 atom stereocenters. The lowest BCUT2D eigenvalue weighted by molar-refractivity contribution is 0.231. The summed E-state index contributed by atoms with van der Waals surface area (Å²) in [6, 6.07) is 7.68. The first-order valence-corrected chi connectivity index (χ1v) is 7.21. The number of nitrogens with one attached hydrogen (secondary N) is 2. The Morgan fingerprint density at radius 3 is 2.45 bits per heavy atom. The smallest absolute Gasteiger partial charge is 0.314 e. The average Bonchev–Trinajstić information content (AvgIpc) is 2.36. The summed E-state index contributed by atoms with van der Waals surface area (Å²) in [7, 11) is 3.97. The van der Waals surface area contributed by atoms with Crippen LogP contribution >= 0.6 is 11.6 Å². The molecule has 0 heterocycles. The minimum atomic E-state index is -0.132. The molecule has 0 radical (unpaired) electrons. The highest BCUT2D eigenvalue weighted by atomic mass is 35.5. The molecule has 1 rings (SSSR count). The monoisotopic (exact) mass is 297 g/mol. The molecular weight excluding hydrogens is 274 g/mol. The van der Waals surface area contributed by atoms with Crippen LogP contribution < -0.4 is 10.6 Å². The van der Waals surface area contributed by atoms with E-state index < -0.39 is 0 Å². The second-order valence-electron chi connectivity index (χ2n) is 5.52. The summed E-state index contributed by atoms with van der Waals surface area (Å²) in [4.78, 5) is 13.8. The van der Waals surface area contributed by atoms with E-state index in [0.717, 1.165) is 5.56 Å². The highest BCUT2D eigenvalue weighted by Crippen LogP contribution is 2.20. The third kappa shape index (κ3) is 5.80. The Bertz CT molecular complexity index is 435. The molecule has 1 aromatic rings. The van der Waals surface area contributed by atoms with Gasteiger partial charge in [-0.15, -0.1) is 0 Å². The van der Waals surface area contributed by atoms with Crippen molar-refractivity contribution in [2.24, 2.45) is 5.92 Å². The van der Waals surface area contributed by atoms with Crippen LogP contribution in [0, 0.1) is 5.92 Å². The number of nitrogens with zero attached hydrogens (tertiary/aromatic N) is 1. The Labute approximate surface area is 126 Å². The highest BCUT2D eigenvalue weighted by molar-refractivity contribution is 6.30. The van der Waals surface area contributed by atoms with Crippen LogP contribution in [0.15, 0.2) is 24.3 Å². The molecule has 0 aliphatic rings. The first-order valence-electron chi connectivity index (χ1n) is 6.83. The van der Waals surface area contributed by atoms with Crippen LogP contribution in [0.4, 0.5) is 4.79 Å². The number of rotatable bonds is 6. The maximum Gasteiger partial charge on any atom is 0.314 e. The number of urea groups is 1. The first-order chi connectivity index (χ1) is 9.40. The Kier molecular flexibility index (Phi) is 6.82. The summed E-state index contributed by atoms with van der Waals surface area (Å²) in [5, 5.41) is 6.45. The molecule has 0 bridgehead atoms. The molecule has 0 aliphatic carbocycles. The number of halogens is 1. The van der Waals surface area contributed by atoms with E-state index in [2.05, 4.69) is 29.4 Å². The van der Waals surface area contributed by atoms with Gasteiger partial charge in [0.15, 0.2) is 0 Å². The van der Waals surface area contributed by atoms with Gasteiger partial charge in [-0.1, -0.05) is 37.6 Å². The quantitative estimate of drug-likeness (QED) is 0.848. The van der Waals surface area contributed by atoms with Gasteiger partial charge in [0.1, 0.15) is 0 Å². The Balaban J connectivity index is 2.58. The normalized spacial score (nSPS) is 12.6. The van der Waals surface area contributed by atoms with Crippen molar-refractivity contribution in [3.63, 3.8) is 0 Å². The highest BCUT2D eigenvalue weighted by Gasteiger charge is 2.15. The topological polar surface area (TPSA) is 44.4 Å². The largest absolute Gasteiger partial charge is 0.338 e. The second kappa shape index (κ2) is 8.12. The molecule has 0 saturated carbocycles. The van der Waals surface area contributed by atoms with Gasteiger partial charge < -0.3 is 15.5 Å². The first kappa shape index (κ1) is 16.8. The maximum atomic E-state index is 11.7. The Morgan fingerprint density at radius 1 is 1.25 bits per heavy atom. The van der Waals surface area contributed by atoms with E-state index in [-0.39, 0.29) is 12.1 Å². The van der Waals surface area contributed by atoms with Gasteiger partial charge in [0.2, 0.25) is 0 Å². The second-order valence-corrected chi connectivity index (χ2v) is 5.96. The Hall–Kier alpha value is -1.26. The maximum absolute atomic E-state index is 11.7. The molecule has 5 heteroatoms. The minimum Gasteiger partial charge on any atom is -0.338 e. The lowest BCUT2D eigenvalue weighted by Gasteiger charge is -2.25. The van der Waals surface area contributed by atoms with Crippen molar-refractivity contribution in [3.8, 4) is 0 Å². The van der Waals surface area contributed by atoms with Gasteiger partial charge >= 0.3 is 6.03 Å². The van der Waals surface area contributed by atoms with Crippen LogP contribution in [0.25, 0.3) is 0 Å². The fourth-order valence-corrected chi connectivity index (χ4v) is 2.06. The third-order valence-electron chi connectivity index (χ3n) is 2.98. The van der Waals surface area contributed by atoms with Crippen molar-refractivity contribution in [2.75, 3.05) is 27.2 Å². The molecule has 0 aliphatic heterocycles. The zero-order valence-electron chi connectivity index (χ0n) is 12.6. The molecule has 1 unspecified atom stereocenters. The summed E-state index contributed by atoms with van der Waals surface area (Å²) in [6.45, 7) is 5.34. The van der Waals surface area contributed by atoms with Crippen LogP contribution in [0.2, 0.25) is 5.02 Å². The average molecular weight is 298 g/mol. The lowest BCUT2D eigenvalue weighted by Crippen LogP contribution is -2.41. The van der Waals surface area contributed by atoms with Gasteiger partial charge in [-0.2, -0.15) is 0 Å². The van der Waals surface area contributed by atoms with E-state index >= 15 is 0 Å². The molecule has 0 fully saturated rings. The fraction of sp³-hybridized carbons (Fsp3) is 0.533. The van der Waals surface area contributed by atoms with Crippen molar-refractivity contribution in [1.29, 1.82) is 0 Å². The van der Waals surface area contributed by atoms with E-state index in [1.807, 2.05) is 38.4 Å². The summed E-state index contributed by atoms with van der Waals surface area (Å²) in [5.74, 6) is 0.443. The lowest BCUT2D eigenvalue weighted by atomic mass is 10.1.